The number of aliphatic hydroxyl groups excluding tert-OH is 1. The van der Waals surface area contributed by atoms with Crippen molar-refractivity contribution in [1.29, 1.82) is 0 Å². The van der Waals surface area contributed by atoms with Gasteiger partial charge in [-0.25, -0.2) is 4.79 Å². The van der Waals surface area contributed by atoms with Gasteiger partial charge >= 0.3 is 5.97 Å². The molecule has 3 heteroatoms. The van der Waals surface area contributed by atoms with E-state index in [2.05, 4.69) is 38.1 Å². The summed E-state index contributed by atoms with van der Waals surface area (Å²) in [5.74, 6) is -0.531. The fourth-order valence-corrected chi connectivity index (χ4v) is 0.838. The highest BCUT2D eigenvalue weighted by Gasteiger charge is 1.93. The maximum atomic E-state index is 9.12. The minimum Gasteiger partial charge on any atom is -0.480 e. The molecule has 0 radical (unpaired) electrons. The van der Waals surface area contributed by atoms with E-state index >= 15 is 0 Å². The first-order valence-corrected chi connectivity index (χ1v) is 4.45. The Morgan fingerprint density at radius 2 is 1.71 bits per heavy atom. The van der Waals surface area contributed by atoms with E-state index in [9.17, 15) is 0 Å². The van der Waals surface area contributed by atoms with Crippen molar-refractivity contribution in [1.82, 2.24) is 0 Å². The summed E-state index contributed by atoms with van der Waals surface area (Å²) >= 11 is 0. The van der Waals surface area contributed by atoms with Gasteiger partial charge in [0.25, 0.3) is 0 Å². The Kier molecular flexibility index (Phi) is 6.41. The molecule has 1 rings (SSSR count). The Labute approximate surface area is 84.0 Å². The van der Waals surface area contributed by atoms with E-state index in [0.717, 1.165) is 0 Å². The fraction of sp³-hybridized carbons (Fsp3) is 0.364. The van der Waals surface area contributed by atoms with Crippen molar-refractivity contribution >= 4 is 5.97 Å². The van der Waals surface area contributed by atoms with Crippen molar-refractivity contribution in [2.45, 2.75) is 19.8 Å². The molecule has 0 amide bonds. The average molecular weight is 196 g/mol. The normalized spacial score (nSPS) is 9.14. The van der Waals surface area contributed by atoms with Crippen LogP contribution in [-0.2, 0) is 4.79 Å². The molecule has 0 aromatic heterocycles. The van der Waals surface area contributed by atoms with Crippen LogP contribution in [0, 0.1) is 0 Å². The molecule has 2 N–H and O–H groups in total. The molecule has 78 valence electrons. The van der Waals surface area contributed by atoms with Crippen LogP contribution in [0.1, 0.15) is 25.3 Å². The molecule has 3 nitrogen and oxygen atoms in total. The third-order valence-electron chi connectivity index (χ3n) is 1.60. The minimum atomic E-state index is -1.19. The Morgan fingerprint density at radius 3 is 1.93 bits per heavy atom. The van der Waals surface area contributed by atoms with Gasteiger partial charge < -0.3 is 10.2 Å². The third-order valence-corrected chi connectivity index (χ3v) is 1.60. The number of hydrogen-bond donors (Lipinski definition) is 2. The summed E-state index contributed by atoms with van der Waals surface area (Å²) in [5.41, 5.74) is 1.41. The van der Waals surface area contributed by atoms with Gasteiger partial charge in [-0.3, -0.25) is 0 Å². The van der Waals surface area contributed by atoms with Crippen molar-refractivity contribution in [3.05, 3.63) is 35.9 Å². The van der Waals surface area contributed by atoms with E-state index < -0.39 is 12.6 Å². The van der Waals surface area contributed by atoms with Crippen LogP contribution < -0.4 is 0 Å². The van der Waals surface area contributed by atoms with E-state index in [-0.39, 0.29) is 0 Å². The summed E-state index contributed by atoms with van der Waals surface area (Å²) in [4.78, 5) is 9.12. The zero-order chi connectivity index (χ0) is 11.0. The molecule has 1 aromatic carbocycles. The van der Waals surface area contributed by atoms with Crippen LogP contribution in [0.25, 0.3) is 0 Å². The standard InChI is InChI=1S/C9H12.C2H4O3/c1-8(2)9-6-4-3-5-7-9;3-1-2(4)5/h3-8H,1-2H3;3H,1H2,(H,4,5). The van der Waals surface area contributed by atoms with Crippen molar-refractivity contribution < 1.29 is 15.0 Å². The number of aliphatic carboxylic acids is 1. The van der Waals surface area contributed by atoms with Crippen LogP contribution in [0.2, 0.25) is 0 Å². The number of carbonyl (C=O) groups is 1. The van der Waals surface area contributed by atoms with Crippen molar-refractivity contribution in [3.8, 4) is 0 Å². The molecule has 0 aliphatic rings. The smallest absolute Gasteiger partial charge is 0.329 e. The molecule has 0 unspecified atom stereocenters. The summed E-state index contributed by atoms with van der Waals surface area (Å²) in [5, 5.41) is 15.0. The second-order valence-electron chi connectivity index (χ2n) is 3.12. The molecule has 14 heavy (non-hydrogen) atoms. The van der Waals surface area contributed by atoms with Gasteiger partial charge in [-0.15, -0.1) is 0 Å². The Morgan fingerprint density at radius 1 is 1.29 bits per heavy atom. The molecule has 0 saturated carbocycles. The Hall–Kier alpha value is -1.35. The highest BCUT2D eigenvalue weighted by molar-refractivity contribution is 5.67. The summed E-state index contributed by atoms with van der Waals surface area (Å²) in [7, 11) is 0. The molecule has 0 spiro atoms. The van der Waals surface area contributed by atoms with Crippen LogP contribution in [0.5, 0.6) is 0 Å². The molecule has 0 atom stereocenters. The second-order valence-corrected chi connectivity index (χ2v) is 3.12. The van der Waals surface area contributed by atoms with Gasteiger partial charge in [0.1, 0.15) is 6.61 Å². The Balaban J connectivity index is 0.000000292. The highest BCUT2D eigenvalue weighted by atomic mass is 16.4. The first-order chi connectivity index (χ1) is 6.57. The fourth-order valence-electron chi connectivity index (χ4n) is 0.838. The van der Waals surface area contributed by atoms with Gasteiger partial charge in [0.2, 0.25) is 0 Å². The maximum Gasteiger partial charge on any atom is 0.329 e. The molecule has 1 aromatic rings. The molecule has 0 aliphatic heterocycles. The molecule has 0 fully saturated rings. The maximum absolute atomic E-state index is 9.12. The van der Waals surface area contributed by atoms with Gasteiger partial charge in [0.15, 0.2) is 0 Å². The highest BCUT2D eigenvalue weighted by Crippen LogP contribution is 2.11. The molecule has 0 bridgehead atoms. The van der Waals surface area contributed by atoms with Crippen LogP contribution in [-0.4, -0.2) is 22.8 Å². The number of benzene rings is 1. The summed E-state index contributed by atoms with van der Waals surface area (Å²) in [6, 6.07) is 10.5. The van der Waals surface area contributed by atoms with Gasteiger partial charge in [-0.1, -0.05) is 44.2 Å². The number of carboxylic acid groups (broad SMARTS) is 1. The Bertz CT molecular complexity index is 254. The lowest BCUT2D eigenvalue weighted by molar-refractivity contribution is -0.140. The van der Waals surface area contributed by atoms with Crippen LogP contribution in [0.3, 0.4) is 0 Å². The van der Waals surface area contributed by atoms with E-state index in [4.69, 9.17) is 15.0 Å². The van der Waals surface area contributed by atoms with Crippen molar-refractivity contribution in [3.63, 3.8) is 0 Å². The first kappa shape index (κ1) is 12.7. The summed E-state index contributed by atoms with van der Waals surface area (Å²) < 4.78 is 0. The lowest BCUT2D eigenvalue weighted by Crippen LogP contribution is -1.98. The molecular weight excluding hydrogens is 180 g/mol. The summed E-state index contributed by atoms with van der Waals surface area (Å²) in [6.45, 7) is 3.63. The predicted molar refractivity (Wildman–Crippen MR) is 55.3 cm³/mol. The SMILES string of the molecule is CC(C)c1ccccc1.O=C(O)CO. The zero-order valence-corrected chi connectivity index (χ0v) is 8.47. The van der Waals surface area contributed by atoms with E-state index in [0.29, 0.717) is 5.92 Å². The largest absolute Gasteiger partial charge is 0.480 e. The van der Waals surface area contributed by atoms with Gasteiger partial charge in [-0.05, 0) is 11.5 Å². The third kappa shape index (κ3) is 6.20. The zero-order valence-electron chi connectivity index (χ0n) is 8.47. The monoisotopic (exact) mass is 196 g/mol. The summed E-state index contributed by atoms with van der Waals surface area (Å²) in [6.07, 6.45) is 0. The van der Waals surface area contributed by atoms with Gasteiger partial charge in [0, 0.05) is 0 Å². The number of aliphatic hydroxyl groups is 1. The molecule has 0 aliphatic carbocycles. The lowest BCUT2D eigenvalue weighted by atomic mass is 10.0. The van der Waals surface area contributed by atoms with E-state index in [1.807, 2.05) is 6.07 Å². The van der Waals surface area contributed by atoms with Crippen LogP contribution in [0.15, 0.2) is 30.3 Å². The van der Waals surface area contributed by atoms with Crippen LogP contribution in [0.4, 0.5) is 0 Å². The molecule has 0 heterocycles. The number of rotatable bonds is 2. The molecular formula is C11H16O3. The lowest BCUT2D eigenvalue weighted by Gasteiger charge is -2.01. The van der Waals surface area contributed by atoms with Crippen molar-refractivity contribution in [2.75, 3.05) is 6.61 Å². The van der Waals surface area contributed by atoms with E-state index in [1.54, 1.807) is 0 Å². The van der Waals surface area contributed by atoms with E-state index in [1.165, 1.54) is 5.56 Å². The minimum absolute atomic E-state index is 0.659. The molecule has 0 saturated heterocycles. The predicted octanol–water partition coefficient (Wildman–Crippen LogP) is 1.87. The topological polar surface area (TPSA) is 57.5 Å². The quantitative estimate of drug-likeness (QED) is 0.759. The van der Waals surface area contributed by atoms with Crippen LogP contribution >= 0.6 is 0 Å². The number of hydrogen-bond acceptors (Lipinski definition) is 2. The van der Waals surface area contributed by atoms with Crippen molar-refractivity contribution in [2.24, 2.45) is 0 Å². The first-order valence-electron chi connectivity index (χ1n) is 4.45. The second kappa shape index (κ2) is 7.09. The van der Waals surface area contributed by atoms with Gasteiger partial charge in [0.05, 0.1) is 0 Å². The number of carboxylic acids is 1. The average Bonchev–Trinajstić information content (AvgIpc) is 2.20. The van der Waals surface area contributed by atoms with Gasteiger partial charge in [-0.2, -0.15) is 0 Å².